The van der Waals surface area contributed by atoms with E-state index < -0.39 is 0 Å². The van der Waals surface area contributed by atoms with Gasteiger partial charge in [0.15, 0.2) is 0 Å². The van der Waals surface area contributed by atoms with Crippen molar-refractivity contribution in [3.8, 4) is 0 Å². The van der Waals surface area contributed by atoms with Gasteiger partial charge in [-0.05, 0) is 38.4 Å². The van der Waals surface area contributed by atoms with Crippen molar-refractivity contribution in [2.24, 2.45) is 0 Å². The molecule has 108 valence electrons. The first kappa shape index (κ1) is 15.9. The van der Waals surface area contributed by atoms with E-state index in [2.05, 4.69) is 17.1 Å². The largest absolute Gasteiger partial charge is 0.383 e. The number of anilines is 1. The van der Waals surface area contributed by atoms with Crippen LogP contribution in [0, 0.1) is 5.82 Å². The lowest BCUT2D eigenvalue weighted by molar-refractivity contribution is 0.199. The van der Waals surface area contributed by atoms with Crippen LogP contribution in [0.25, 0.3) is 0 Å². The van der Waals surface area contributed by atoms with Crippen LogP contribution in [0.2, 0.25) is 0 Å². The molecule has 0 amide bonds. The van der Waals surface area contributed by atoms with Crippen molar-refractivity contribution < 1.29 is 9.13 Å². The summed E-state index contributed by atoms with van der Waals surface area (Å²) in [4.78, 5) is 2.09. The van der Waals surface area contributed by atoms with E-state index in [0.29, 0.717) is 5.69 Å². The zero-order valence-electron chi connectivity index (χ0n) is 12.0. The van der Waals surface area contributed by atoms with Crippen molar-refractivity contribution in [2.45, 2.75) is 19.8 Å². The fourth-order valence-electron chi connectivity index (χ4n) is 2.01. The number of unbranched alkanes of at least 4 members (excludes halogenated alkanes) is 1. The molecule has 0 spiro atoms. The van der Waals surface area contributed by atoms with Crippen LogP contribution < -0.4 is 10.2 Å². The molecule has 1 rings (SSSR count). The summed E-state index contributed by atoms with van der Waals surface area (Å²) in [5.41, 5.74) is 0.706. The van der Waals surface area contributed by atoms with E-state index in [-0.39, 0.29) is 5.82 Å². The quantitative estimate of drug-likeness (QED) is 0.660. The summed E-state index contributed by atoms with van der Waals surface area (Å²) in [6, 6.07) is 6.97. The highest BCUT2D eigenvalue weighted by molar-refractivity contribution is 5.47. The lowest BCUT2D eigenvalue weighted by Crippen LogP contribution is -2.26. The Labute approximate surface area is 115 Å². The SMILES string of the molecule is CCN(CCCCNCCOC)c1ccccc1F. The first-order valence-electron chi connectivity index (χ1n) is 6.98. The van der Waals surface area contributed by atoms with Crippen molar-refractivity contribution in [1.82, 2.24) is 5.32 Å². The van der Waals surface area contributed by atoms with Gasteiger partial charge in [-0.25, -0.2) is 4.39 Å². The normalized spacial score (nSPS) is 10.7. The highest BCUT2D eigenvalue weighted by atomic mass is 19.1. The summed E-state index contributed by atoms with van der Waals surface area (Å²) >= 11 is 0. The zero-order valence-corrected chi connectivity index (χ0v) is 12.0. The fourth-order valence-corrected chi connectivity index (χ4v) is 2.01. The Morgan fingerprint density at radius 3 is 2.68 bits per heavy atom. The topological polar surface area (TPSA) is 24.5 Å². The number of benzene rings is 1. The van der Waals surface area contributed by atoms with Crippen LogP contribution in [0.15, 0.2) is 24.3 Å². The molecule has 0 unspecified atom stereocenters. The molecule has 0 atom stereocenters. The van der Waals surface area contributed by atoms with Crippen molar-refractivity contribution in [2.75, 3.05) is 44.8 Å². The van der Waals surface area contributed by atoms with Crippen LogP contribution in [0.4, 0.5) is 10.1 Å². The van der Waals surface area contributed by atoms with E-state index in [4.69, 9.17) is 4.74 Å². The summed E-state index contributed by atoms with van der Waals surface area (Å²) < 4.78 is 18.6. The van der Waals surface area contributed by atoms with E-state index in [1.165, 1.54) is 6.07 Å². The Morgan fingerprint density at radius 1 is 1.21 bits per heavy atom. The Bertz CT molecular complexity index is 347. The molecule has 1 N–H and O–H groups in total. The standard InChI is InChI=1S/C15H25FN2O/c1-3-18(15-9-5-4-8-14(15)16)12-7-6-10-17-11-13-19-2/h4-5,8-9,17H,3,6-7,10-13H2,1-2H3. The molecule has 1 aromatic carbocycles. The second-order valence-corrected chi connectivity index (χ2v) is 4.48. The number of nitrogens with one attached hydrogen (secondary N) is 1. The lowest BCUT2D eigenvalue weighted by atomic mass is 10.2. The number of hydrogen-bond donors (Lipinski definition) is 1. The van der Waals surface area contributed by atoms with Crippen molar-refractivity contribution in [3.05, 3.63) is 30.1 Å². The monoisotopic (exact) mass is 268 g/mol. The highest BCUT2D eigenvalue weighted by Gasteiger charge is 2.08. The molecule has 0 saturated heterocycles. The van der Waals surface area contributed by atoms with E-state index in [1.54, 1.807) is 13.2 Å². The van der Waals surface area contributed by atoms with Gasteiger partial charge in [0.2, 0.25) is 0 Å². The van der Waals surface area contributed by atoms with Gasteiger partial charge in [-0.2, -0.15) is 0 Å². The Kier molecular flexibility index (Phi) is 8.18. The van der Waals surface area contributed by atoms with E-state index in [9.17, 15) is 4.39 Å². The summed E-state index contributed by atoms with van der Waals surface area (Å²) in [7, 11) is 1.70. The summed E-state index contributed by atoms with van der Waals surface area (Å²) in [5.74, 6) is -0.137. The number of ether oxygens (including phenoxy) is 1. The van der Waals surface area contributed by atoms with Crippen LogP contribution in [-0.2, 0) is 4.74 Å². The number of halogens is 1. The number of rotatable bonds is 10. The van der Waals surface area contributed by atoms with Gasteiger partial charge >= 0.3 is 0 Å². The molecular weight excluding hydrogens is 243 g/mol. The molecule has 0 aliphatic rings. The number of methoxy groups -OCH3 is 1. The van der Waals surface area contributed by atoms with Crippen molar-refractivity contribution in [3.63, 3.8) is 0 Å². The van der Waals surface area contributed by atoms with Gasteiger partial charge < -0.3 is 15.0 Å². The fraction of sp³-hybridized carbons (Fsp3) is 0.600. The van der Waals surface area contributed by atoms with Crippen LogP contribution >= 0.6 is 0 Å². The first-order chi connectivity index (χ1) is 9.29. The number of hydrogen-bond acceptors (Lipinski definition) is 3. The van der Waals surface area contributed by atoms with Gasteiger partial charge in [0.25, 0.3) is 0 Å². The molecular formula is C15H25FN2O. The molecule has 0 aromatic heterocycles. The van der Waals surface area contributed by atoms with Gasteiger partial charge in [-0.1, -0.05) is 12.1 Å². The lowest BCUT2D eigenvalue weighted by Gasteiger charge is -2.23. The van der Waals surface area contributed by atoms with E-state index >= 15 is 0 Å². The third kappa shape index (κ3) is 6.03. The second-order valence-electron chi connectivity index (χ2n) is 4.48. The highest BCUT2D eigenvalue weighted by Crippen LogP contribution is 2.18. The summed E-state index contributed by atoms with van der Waals surface area (Å²) in [6.07, 6.45) is 2.15. The van der Waals surface area contributed by atoms with Crippen molar-refractivity contribution in [1.29, 1.82) is 0 Å². The van der Waals surface area contributed by atoms with Gasteiger partial charge in [0.05, 0.1) is 12.3 Å². The minimum Gasteiger partial charge on any atom is -0.383 e. The molecule has 0 aliphatic carbocycles. The molecule has 0 saturated carbocycles. The molecule has 4 heteroatoms. The third-order valence-electron chi connectivity index (χ3n) is 3.09. The minimum absolute atomic E-state index is 0.137. The Morgan fingerprint density at radius 2 is 2.00 bits per heavy atom. The maximum atomic E-state index is 13.7. The Balaban J connectivity index is 2.24. The van der Waals surface area contributed by atoms with Gasteiger partial charge in [-0.3, -0.25) is 0 Å². The van der Waals surface area contributed by atoms with Crippen LogP contribution in [0.1, 0.15) is 19.8 Å². The zero-order chi connectivity index (χ0) is 13.9. The maximum Gasteiger partial charge on any atom is 0.146 e. The van der Waals surface area contributed by atoms with Gasteiger partial charge in [0, 0.05) is 26.7 Å². The Hall–Kier alpha value is -1.13. The molecule has 3 nitrogen and oxygen atoms in total. The average Bonchev–Trinajstić information content (AvgIpc) is 2.43. The predicted molar refractivity (Wildman–Crippen MR) is 78.3 cm³/mol. The number of nitrogens with zero attached hydrogens (tertiary/aromatic N) is 1. The molecule has 0 fully saturated rings. The molecule has 19 heavy (non-hydrogen) atoms. The second kappa shape index (κ2) is 9.75. The smallest absolute Gasteiger partial charge is 0.146 e. The average molecular weight is 268 g/mol. The van der Waals surface area contributed by atoms with Gasteiger partial charge in [0.1, 0.15) is 5.82 Å². The summed E-state index contributed by atoms with van der Waals surface area (Å²) in [5, 5.41) is 3.31. The molecule has 0 radical (unpaired) electrons. The van der Waals surface area contributed by atoms with E-state index in [1.807, 2.05) is 12.1 Å². The van der Waals surface area contributed by atoms with Crippen LogP contribution in [-0.4, -0.2) is 39.9 Å². The summed E-state index contributed by atoms with van der Waals surface area (Å²) in [6.45, 7) is 6.40. The molecule has 0 heterocycles. The van der Waals surface area contributed by atoms with E-state index in [0.717, 1.165) is 45.6 Å². The number of para-hydroxylation sites is 1. The van der Waals surface area contributed by atoms with Gasteiger partial charge in [-0.15, -0.1) is 0 Å². The predicted octanol–water partition coefficient (Wildman–Crippen LogP) is 2.67. The van der Waals surface area contributed by atoms with Crippen LogP contribution in [0.3, 0.4) is 0 Å². The third-order valence-corrected chi connectivity index (χ3v) is 3.09. The van der Waals surface area contributed by atoms with Crippen LogP contribution in [0.5, 0.6) is 0 Å². The minimum atomic E-state index is -0.137. The first-order valence-corrected chi connectivity index (χ1v) is 6.98. The molecule has 1 aromatic rings. The van der Waals surface area contributed by atoms with Crippen molar-refractivity contribution >= 4 is 5.69 Å². The molecule has 0 bridgehead atoms. The molecule has 0 aliphatic heterocycles. The maximum absolute atomic E-state index is 13.7.